The molecule has 2 atom stereocenters. The smallest absolute Gasteiger partial charge is 0.0316 e. The van der Waals surface area contributed by atoms with Gasteiger partial charge in [0, 0.05) is 29.1 Å². The zero-order valence-electron chi connectivity index (χ0n) is 28.7. The molecule has 4 rings (SSSR count). The zero-order valence-corrected chi connectivity index (χ0v) is 28.7. The maximum atomic E-state index is 6.10. The van der Waals surface area contributed by atoms with Gasteiger partial charge in [0.15, 0.2) is 0 Å². The lowest BCUT2D eigenvalue weighted by Gasteiger charge is -2.24. The summed E-state index contributed by atoms with van der Waals surface area (Å²) in [5, 5.41) is 0. The van der Waals surface area contributed by atoms with Gasteiger partial charge in [0.2, 0.25) is 0 Å². The second kappa shape index (κ2) is 17.2. The Morgan fingerprint density at radius 3 is 1.18 bits per heavy atom. The maximum absolute atomic E-state index is 6.10. The number of aryl methyl sites for hydroxylation is 2. The van der Waals surface area contributed by atoms with Crippen molar-refractivity contribution in [1.29, 1.82) is 0 Å². The van der Waals surface area contributed by atoms with Crippen LogP contribution in [0.3, 0.4) is 0 Å². The van der Waals surface area contributed by atoms with Crippen LogP contribution in [0.5, 0.6) is 0 Å². The molecule has 0 aliphatic heterocycles. The summed E-state index contributed by atoms with van der Waals surface area (Å²) < 4.78 is 0. The van der Waals surface area contributed by atoms with E-state index < -0.39 is 0 Å². The summed E-state index contributed by atoms with van der Waals surface area (Å²) in [5.74, 6) is 1.20. The standard InChI is InChI=1S/C43H58N2/c1-6-9-10-11-12-13-16-41(33-17-21-35(22-18-33)42(14-7-2)39-27-25-37(44)29-31(39)4)34-19-23-36(24-20-34)43(15-8-3)40-28-26-38(45)30-32(40)5/h17-30,41-43H,6-16,44-45H2,1-5H3. The highest BCUT2D eigenvalue weighted by atomic mass is 14.5. The topological polar surface area (TPSA) is 52.0 Å². The molecule has 0 aliphatic carbocycles. The molecule has 0 saturated heterocycles. The van der Waals surface area contributed by atoms with Crippen molar-refractivity contribution in [3.8, 4) is 0 Å². The Morgan fingerprint density at radius 2 is 0.800 bits per heavy atom. The molecule has 0 amide bonds. The van der Waals surface area contributed by atoms with Gasteiger partial charge in [-0.1, -0.05) is 133 Å². The molecule has 2 unspecified atom stereocenters. The van der Waals surface area contributed by atoms with Gasteiger partial charge in [-0.2, -0.15) is 0 Å². The summed E-state index contributed by atoms with van der Waals surface area (Å²) in [6.07, 6.45) is 13.7. The third-order valence-corrected chi connectivity index (χ3v) is 9.82. The third kappa shape index (κ3) is 9.25. The van der Waals surface area contributed by atoms with Crippen LogP contribution in [0, 0.1) is 13.8 Å². The van der Waals surface area contributed by atoms with E-state index in [1.807, 2.05) is 0 Å². The molecular weight excluding hydrogens is 544 g/mol. The van der Waals surface area contributed by atoms with E-state index in [0.717, 1.165) is 37.1 Å². The molecule has 240 valence electrons. The number of hydrogen-bond donors (Lipinski definition) is 2. The predicted octanol–water partition coefficient (Wildman–Crippen LogP) is 12.2. The second-order valence-corrected chi connectivity index (χ2v) is 13.4. The number of benzene rings is 4. The van der Waals surface area contributed by atoms with Gasteiger partial charge in [0.05, 0.1) is 0 Å². The minimum atomic E-state index is 0.397. The fourth-order valence-electron chi connectivity index (χ4n) is 7.34. The zero-order chi connectivity index (χ0) is 32.2. The van der Waals surface area contributed by atoms with E-state index in [9.17, 15) is 0 Å². The Labute approximate surface area is 274 Å². The van der Waals surface area contributed by atoms with Crippen molar-refractivity contribution in [3.05, 3.63) is 129 Å². The van der Waals surface area contributed by atoms with E-state index in [2.05, 4.69) is 120 Å². The predicted molar refractivity (Wildman–Crippen MR) is 197 cm³/mol. The van der Waals surface area contributed by atoms with Crippen molar-refractivity contribution in [3.63, 3.8) is 0 Å². The summed E-state index contributed by atoms with van der Waals surface area (Å²) >= 11 is 0. The van der Waals surface area contributed by atoms with Crippen LogP contribution in [0.15, 0.2) is 84.9 Å². The molecule has 4 N–H and O–H groups in total. The molecule has 0 spiro atoms. The molecule has 0 heterocycles. The number of anilines is 2. The van der Waals surface area contributed by atoms with E-state index in [1.165, 1.54) is 89.5 Å². The Hall–Kier alpha value is -3.52. The molecule has 0 radical (unpaired) electrons. The van der Waals surface area contributed by atoms with Crippen molar-refractivity contribution >= 4 is 11.4 Å². The minimum absolute atomic E-state index is 0.397. The number of nitrogens with two attached hydrogens (primary N) is 2. The van der Waals surface area contributed by atoms with E-state index in [1.54, 1.807) is 0 Å². The van der Waals surface area contributed by atoms with Gasteiger partial charge in [-0.25, -0.2) is 0 Å². The summed E-state index contributed by atoms with van der Waals surface area (Å²) in [4.78, 5) is 0. The highest BCUT2D eigenvalue weighted by Gasteiger charge is 2.20. The Kier molecular flexibility index (Phi) is 13.2. The first-order chi connectivity index (χ1) is 21.9. The van der Waals surface area contributed by atoms with Crippen molar-refractivity contribution in [1.82, 2.24) is 0 Å². The molecule has 0 bridgehead atoms. The highest BCUT2D eigenvalue weighted by Crippen LogP contribution is 2.37. The summed E-state index contributed by atoms with van der Waals surface area (Å²) in [6, 6.07) is 32.1. The van der Waals surface area contributed by atoms with E-state index >= 15 is 0 Å². The number of rotatable bonds is 17. The monoisotopic (exact) mass is 602 g/mol. The lowest BCUT2D eigenvalue weighted by Crippen LogP contribution is -2.07. The van der Waals surface area contributed by atoms with Crippen LogP contribution in [-0.2, 0) is 0 Å². The molecule has 2 nitrogen and oxygen atoms in total. The lowest BCUT2D eigenvalue weighted by molar-refractivity contribution is 0.568. The van der Waals surface area contributed by atoms with Gasteiger partial charge in [-0.05, 0) is 102 Å². The highest BCUT2D eigenvalue weighted by molar-refractivity contribution is 5.50. The quantitative estimate of drug-likeness (QED) is 0.0933. The van der Waals surface area contributed by atoms with Crippen LogP contribution in [0.25, 0.3) is 0 Å². The SMILES string of the molecule is CCCCCCCCC(c1ccc(C(CCC)c2ccc(N)cc2C)cc1)c1ccc(C(CCC)c2ccc(N)cc2C)cc1. The lowest BCUT2D eigenvalue weighted by atomic mass is 9.81. The van der Waals surface area contributed by atoms with Gasteiger partial charge in [-0.15, -0.1) is 0 Å². The molecule has 0 aliphatic rings. The summed E-state index contributed by atoms with van der Waals surface area (Å²) in [6.45, 7) is 11.3. The van der Waals surface area contributed by atoms with Crippen molar-refractivity contribution < 1.29 is 0 Å². The number of nitrogen functional groups attached to an aromatic ring is 2. The normalized spacial score (nSPS) is 13.4. The van der Waals surface area contributed by atoms with Gasteiger partial charge in [0.25, 0.3) is 0 Å². The molecule has 4 aromatic rings. The molecule has 2 heteroatoms. The molecule has 0 aromatic heterocycles. The minimum Gasteiger partial charge on any atom is -0.399 e. The van der Waals surface area contributed by atoms with Gasteiger partial charge in [-0.3, -0.25) is 0 Å². The average molecular weight is 603 g/mol. The third-order valence-electron chi connectivity index (χ3n) is 9.82. The molecule has 45 heavy (non-hydrogen) atoms. The fourth-order valence-corrected chi connectivity index (χ4v) is 7.34. The Morgan fingerprint density at radius 1 is 0.422 bits per heavy atom. The van der Waals surface area contributed by atoms with Gasteiger partial charge >= 0.3 is 0 Å². The number of hydrogen-bond acceptors (Lipinski definition) is 2. The van der Waals surface area contributed by atoms with Crippen molar-refractivity contribution in [2.45, 2.75) is 123 Å². The number of unbranched alkanes of at least 4 members (excludes halogenated alkanes) is 5. The Bertz CT molecular complexity index is 1350. The van der Waals surface area contributed by atoms with Gasteiger partial charge < -0.3 is 11.5 Å². The Balaban J connectivity index is 1.62. The summed E-state index contributed by atoms with van der Waals surface area (Å²) in [7, 11) is 0. The molecule has 4 aromatic carbocycles. The maximum Gasteiger partial charge on any atom is 0.0316 e. The first kappa shape index (κ1) is 34.4. The van der Waals surface area contributed by atoms with Crippen molar-refractivity contribution in [2.24, 2.45) is 0 Å². The van der Waals surface area contributed by atoms with Crippen LogP contribution >= 0.6 is 0 Å². The largest absolute Gasteiger partial charge is 0.399 e. The first-order valence-corrected chi connectivity index (χ1v) is 17.8. The van der Waals surface area contributed by atoms with Crippen LogP contribution < -0.4 is 11.5 Å². The van der Waals surface area contributed by atoms with E-state index in [-0.39, 0.29) is 0 Å². The summed E-state index contributed by atoms with van der Waals surface area (Å²) in [5.41, 5.74) is 24.9. The molecule has 0 fully saturated rings. The van der Waals surface area contributed by atoms with Crippen LogP contribution in [0.1, 0.15) is 154 Å². The molecular formula is C43H58N2. The van der Waals surface area contributed by atoms with Crippen molar-refractivity contribution in [2.75, 3.05) is 11.5 Å². The van der Waals surface area contributed by atoms with Gasteiger partial charge in [0.1, 0.15) is 0 Å². The van der Waals surface area contributed by atoms with Crippen LogP contribution in [0.4, 0.5) is 11.4 Å². The fraction of sp³-hybridized carbons (Fsp3) is 0.442. The second-order valence-electron chi connectivity index (χ2n) is 13.4. The molecule has 0 saturated carbocycles. The van der Waals surface area contributed by atoms with E-state index in [0.29, 0.717) is 17.8 Å². The van der Waals surface area contributed by atoms with E-state index in [4.69, 9.17) is 11.5 Å². The average Bonchev–Trinajstić information content (AvgIpc) is 3.03. The van der Waals surface area contributed by atoms with Crippen LogP contribution in [-0.4, -0.2) is 0 Å². The van der Waals surface area contributed by atoms with Crippen LogP contribution in [0.2, 0.25) is 0 Å². The first-order valence-electron chi connectivity index (χ1n) is 17.8.